The van der Waals surface area contributed by atoms with Crippen LogP contribution in [-0.2, 0) is 6.42 Å². The second-order valence-electron chi connectivity index (χ2n) is 5.59. The number of hydrogen-bond acceptors (Lipinski definition) is 1. The van der Waals surface area contributed by atoms with Crippen LogP contribution in [0.4, 0.5) is 0 Å². The Bertz CT molecular complexity index is 486. The molecule has 0 radical (unpaired) electrons. The maximum atomic E-state index is 4.41. The Balaban J connectivity index is 2.22. The summed E-state index contributed by atoms with van der Waals surface area (Å²) in [6.07, 6.45) is 8.68. The van der Waals surface area contributed by atoms with E-state index in [1.807, 2.05) is 18.3 Å². The fourth-order valence-corrected chi connectivity index (χ4v) is 3.10. The number of hydrogen-bond donors (Lipinski definition) is 0. The highest BCUT2D eigenvalue weighted by molar-refractivity contribution is 9.10. The number of halogens is 1. The molecule has 0 bridgehead atoms. The van der Waals surface area contributed by atoms with Crippen LogP contribution in [-0.4, -0.2) is 4.98 Å². The summed E-state index contributed by atoms with van der Waals surface area (Å²) in [6.45, 7) is 8.86. The van der Waals surface area contributed by atoms with E-state index >= 15 is 0 Å². The lowest BCUT2D eigenvalue weighted by atomic mass is 9.71. The lowest BCUT2D eigenvalue weighted by molar-refractivity contribution is 0.370. The van der Waals surface area contributed by atoms with Crippen molar-refractivity contribution in [2.24, 2.45) is 5.41 Å². The second kappa shape index (κ2) is 5.40. The molecule has 1 saturated carbocycles. The van der Waals surface area contributed by atoms with Crippen molar-refractivity contribution < 1.29 is 0 Å². The van der Waals surface area contributed by atoms with E-state index in [0.29, 0.717) is 0 Å². The Morgan fingerprint density at radius 3 is 2.94 bits per heavy atom. The molecule has 0 amide bonds. The molecule has 1 heterocycles. The fourth-order valence-electron chi connectivity index (χ4n) is 2.68. The third-order valence-corrected chi connectivity index (χ3v) is 4.45. The number of pyridine rings is 1. The zero-order chi connectivity index (χ0) is 13.2. The van der Waals surface area contributed by atoms with Gasteiger partial charge in [0.2, 0.25) is 0 Å². The Labute approximate surface area is 118 Å². The molecule has 1 aliphatic carbocycles. The van der Waals surface area contributed by atoms with Crippen LogP contribution in [0.25, 0.3) is 0 Å². The minimum atomic E-state index is 0.261. The maximum absolute atomic E-state index is 4.41. The van der Waals surface area contributed by atoms with Gasteiger partial charge in [-0.05, 0) is 58.3 Å². The quantitative estimate of drug-likeness (QED) is 0.742. The molecule has 0 aromatic carbocycles. The summed E-state index contributed by atoms with van der Waals surface area (Å²) in [5.41, 5.74) is 4.08. The van der Waals surface area contributed by atoms with Gasteiger partial charge in [-0.2, -0.15) is 0 Å². The smallest absolute Gasteiger partial charge is 0.0583 e. The lowest BCUT2D eigenvalue weighted by Gasteiger charge is -2.34. The standard InChI is InChI=1S/C16H20BrN/c1-12-6-4-10-16(2,3)13(12)8-9-15-14(17)7-5-11-18-15/h5,7-8,11H,1,4,6,9-10H2,2-3H3/b13-8+. The fraction of sp³-hybridized carbons (Fsp3) is 0.438. The molecular formula is C16H20BrN. The minimum absolute atomic E-state index is 0.261. The van der Waals surface area contributed by atoms with Crippen LogP contribution in [0.2, 0.25) is 0 Å². The molecule has 0 unspecified atom stereocenters. The molecule has 0 N–H and O–H groups in total. The van der Waals surface area contributed by atoms with Gasteiger partial charge < -0.3 is 0 Å². The summed E-state index contributed by atoms with van der Waals surface area (Å²) in [6, 6.07) is 3.99. The van der Waals surface area contributed by atoms with E-state index in [2.05, 4.69) is 47.4 Å². The van der Waals surface area contributed by atoms with Gasteiger partial charge in [0.05, 0.1) is 5.69 Å². The highest BCUT2D eigenvalue weighted by Gasteiger charge is 2.28. The molecule has 1 nitrogen and oxygen atoms in total. The monoisotopic (exact) mass is 305 g/mol. The van der Waals surface area contributed by atoms with Crippen LogP contribution in [0.15, 0.2) is 46.6 Å². The highest BCUT2D eigenvalue weighted by atomic mass is 79.9. The SMILES string of the molecule is C=C1CCCC(C)(C)/C1=C/Cc1ncccc1Br. The van der Waals surface area contributed by atoms with Crippen molar-refractivity contribution in [3.8, 4) is 0 Å². The normalized spacial score (nSPS) is 21.3. The molecule has 0 aliphatic heterocycles. The lowest BCUT2D eigenvalue weighted by Crippen LogP contribution is -2.21. The van der Waals surface area contributed by atoms with E-state index in [-0.39, 0.29) is 5.41 Å². The van der Waals surface area contributed by atoms with Crippen LogP contribution in [0.5, 0.6) is 0 Å². The molecule has 18 heavy (non-hydrogen) atoms. The Kier molecular flexibility index (Phi) is 4.06. The maximum Gasteiger partial charge on any atom is 0.0583 e. The molecule has 2 rings (SSSR count). The summed E-state index contributed by atoms with van der Waals surface area (Å²) >= 11 is 3.55. The van der Waals surface area contributed by atoms with Gasteiger partial charge in [0.1, 0.15) is 0 Å². The van der Waals surface area contributed by atoms with Crippen LogP contribution < -0.4 is 0 Å². The summed E-state index contributed by atoms with van der Waals surface area (Å²) in [5.74, 6) is 0. The van der Waals surface area contributed by atoms with E-state index in [1.165, 1.54) is 24.0 Å². The molecule has 1 fully saturated rings. The third kappa shape index (κ3) is 2.92. The topological polar surface area (TPSA) is 12.9 Å². The van der Waals surface area contributed by atoms with E-state index in [4.69, 9.17) is 0 Å². The van der Waals surface area contributed by atoms with E-state index < -0.39 is 0 Å². The van der Waals surface area contributed by atoms with Crippen molar-refractivity contribution in [1.82, 2.24) is 4.98 Å². The van der Waals surface area contributed by atoms with E-state index in [1.54, 1.807) is 0 Å². The first kappa shape index (κ1) is 13.5. The molecule has 1 aliphatic rings. The summed E-state index contributed by atoms with van der Waals surface area (Å²) in [4.78, 5) is 4.41. The van der Waals surface area contributed by atoms with Gasteiger partial charge in [-0.25, -0.2) is 0 Å². The van der Waals surface area contributed by atoms with Gasteiger partial charge in [0, 0.05) is 17.1 Å². The number of aromatic nitrogens is 1. The third-order valence-electron chi connectivity index (χ3n) is 3.72. The molecular weight excluding hydrogens is 286 g/mol. The predicted octanol–water partition coefficient (Wildman–Crippen LogP) is 5.08. The first-order chi connectivity index (χ1) is 8.50. The van der Waals surface area contributed by atoms with Gasteiger partial charge in [-0.15, -0.1) is 0 Å². The average molecular weight is 306 g/mol. The molecule has 1 aromatic rings. The van der Waals surface area contributed by atoms with Gasteiger partial charge in [0.15, 0.2) is 0 Å². The van der Waals surface area contributed by atoms with Crippen molar-refractivity contribution in [3.63, 3.8) is 0 Å². The molecule has 2 heteroatoms. The second-order valence-corrected chi connectivity index (χ2v) is 6.45. The van der Waals surface area contributed by atoms with Crippen LogP contribution >= 0.6 is 15.9 Å². The Morgan fingerprint density at radius 1 is 1.50 bits per heavy atom. The van der Waals surface area contributed by atoms with Crippen molar-refractivity contribution in [2.45, 2.75) is 39.5 Å². The van der Waals surface area contributed by atoms with E-state index in [9.17, 15) is 0 Å². The zero-order valence-corrected chi connectivity index (χ0v) is 12.8. The number of nitrogens with zero attached hydrogens (tertiary/aromatic N) is 1. The first-order valence-corrected chi connectivity index (χ1v) is 7.28. The van der Waals surface area contributed by atoms with Crippen molar-refractivity contribution in [3.05, 3.63) is 52.3 Å². The van der Waals surface area contributed by atoms with Gasteiger partial charge >= 0.3 is 0 Å². The summed E-state index contributed by atoms with van der Waals surface area (Å²) in [5, 5.41) is 0. The van der Waals surface area contributed by atoms with Crippen LogP contribution in [0.3, 0.4) is 0 Å². The van der Waals surface area contributed by atoms with E-state index in [0.717, 1.165) is 23.0 Å². The van der Waals surface area contributed by atoms with Gasteiger partial charge in [-0.1, -0.05) is 32.1 Å². The molecule has 96 valence electrons. The molecule has 0 atom stereocenters. The predicted molar refractivity (Wildman–Crippen MR) is 80.5 cm³/mol. The highest BCUT2D eigenvalue weighted by Crippen LogP contribution is 2.42. The number of allylic oxidation sites excluding steroid dienone is 3. The summed E-state index contributed by atoms with van der Waals surface area (Å²) < 4.78 is 1.08. The first-order valence-electron chi connectivity index (χ1n) is 6.49. The van der Waals surface area contributed by atoms with Gasteiger partial charge in [0.25, 0.3) is 0 Å². The zero-order valence-electron chi connectivity index (χ0n) is 11.2. The van der Waals surface area contributed by atoms with Gasteiger partial charge in [-0.3, -0.25) is 4.98 Å². The van der Waals surface area contributed by atoms with Crippen LogP contribution in [0.1, 0.15) is 38.8 Å². The molecule has 0 saturated heterocycles. The Morgan fingerprint density at radius 2 is 2.28 bits per heavy atom. The van der Waals surface area contributed by atoms with Crippen molar-refractivity contribution >= 4 is 15.9 Å². The molecule has 1 aromatic heterocycles. The number of rotatable bonds is 2. The molecule has 0 spiro atoms. The minimum Gasteiger partial charge on any atom is -0.260 e. The van der Waals surface area contributed by atoms with Crippen LogP contribution in [0, 0.1) is 5.41 Å². The largest absolute Gasteiger partial charge is 0.260 e. The van der Waals surface area contributed by atoms with Crippen molar-refractivity contribution in [2.75, 3.05) is 0 Å². The van der Waals surface area contributed by atoms with Crippen molar-refractivity contribution in [1.29, 1.82) is 0 Å². The summed E-state index contributed by atoms with van der Waals surface area (Å²) in [7, 11) is 0. The average Bonchev–Trinajstić information content (AvgIpc) is 2.30. The Hall–Kier alpha value is -0.890.